The zero-order chi connectivity index (χ0) is 27.5. The highest BCUT2D eigenvalue weighted by Gasteiger charge is 2.42. The van der Waals surface area contributed by atoms with Crippen LogP contribution < -0.4 is 9.64 Å². The van der Waals surface area contributed by atoms with Crippen LogP contribution in [-0.4, -0.2) is 67.2 Å². The number of hydrogen-bond acceptors (Lipinski definition) is 8. The number of thioether (sulfide) groups is 1. The lowest BCUT2D eigenvalue weighted by Crippen LogP contribution is -2.49. The lowest BCUT2D eigenvalue weighted by Gasteiger charge is -2.38. The van der Waals surface area contributed by atoms with E-state index in [9.17, 15) is 9.59 Å². The molecule has 0 N–H and O–H groups in total. The highest BCUT2D eigenvalue weighted by molar-refractivity contribution is 8.16. The summed E-state index contributed by atoms with van der Waals surface area (Å²) in [6.45, 7) is 6.76. The van der Waals surface area contributed by atoms with Gasteiger partial charge in [-0.1, -0.05) is 60.6 Å². The van der Waals surface area contributed by atoms with Crippen molar-refractivity contribution in [2.24, 2.45) is 4.99 Å². The Bertz CT molecular complexity index is 1360. The van der Waals surface area contributed by atoms with Gasteiger partial charge in [-0.05, 0) is 36.4 Å². The first-order chi connectivity index (χ1) is 18.9. The van der Waals surface area contributed by atoms with Crippen molar-refractivity contribution in [2.45, 2.75) is 32.7 Å². The van der Waals surface area contributed by atoms with E-state index < -0.39 is 12.0 Å². The van der Waals surface area contributed by atoms with Crippen LogP contribution in [0.2, 0.25) is 0 Å². The van der Waals surface area contributed by atoms with Gasteiger partial charge in [0.25, 0.3) is 0 Å². The molecule has 0 saturated carbocycles. The number of anilines is 1. The van der Waals surface area contributed by atoms with E-state index in [-0.39, 0.29) is 12.3 Å². The minimum atomic E-state index is -0.406. The van der Waals surface area contributed by atoms with Crippen LogP contribution in [0.4, 0.5) is 5.69 Å². The Kier molecular flexibility index (Phi) is 7.97. The Balaban J connectivity index is 1.36. The number of fused-ring (bicyclic) bond motifs is 1. The fourth-order valence-electron chi connectivity index (χ4n) is 5.42. The van der Waals surface area contributed by atoms with Crippen LogP contribution in [0, 0.1) is 6.92 Å². The second kappa shape index (κ2) is 11.6. The smallest absolute Gasteiger partial charge is 0.338 e. The summed E-state index contributed by atoms with van der Waals surface area (Å²) in [7, 11) is 3.08. The third-order valence-corrected chi connectivity index (χ3v) is 8.27. The summed E-state index contributed by atoms with van der Waals surface area (Å²) in [5, 5.41) is 2.78. The highest BCUT2D eigenvalue weighted by atomic mass is 32.2. The number of rotatable bonds is 7. The standard InChI is InChI=1S/C30H34N4O4S/c1-5-23-27(29(36)38-4)28(21-10-8-9-20(2)17-21)34-22(19-39-30(34)31-23)18-26(35)33-15-13-32(14-16-33)24-11-6-7-12-25(24)37-3/h6-12,17,19,28H,5,13-16,18H2,1-4H3/t28-/m1/s1. The van der Waals surface area contributed by atoms with Gasteiger partial charge in [0.05, 0.1) is 43.6 Å². The van der Waals surface area contributed by atoms with Gasteiger partial charge in [0.2, 0.25) is 5.91 Å². The van der Waals surface area contributed by atoms with E-state index in [0.29, 0.717) is 25.1 Å². The average molecular weight is 547 g/mol. The molecule has 0 aliphatic carbocycles. The van der Waals surface area contributed by atoms with Gasteiger partial charge in [0.1, 0.15) is 5.75 Å². The Morgan fingerprint density at radius 1 is 1.05 bits per heavy atom. The first-order valence-electron chi connectivity index (χ1n) is 13.2. The third-order valence-electron chi connectivity index (χ3n) is 7.38. The molecule has 1 saturated heterocycles. The third kappa shape index (κ3) is 5.28. The molecule has 1 fully saturated rings. The van der Waals surface area contributed by atoms with Crippen molar-refractivity contribution >= 4 is 34.5 Å². The maximum absolute atomic E-state index is 13.5. The van der Waals surface area contributed by atoms with Gasteiger partial charge in [-0.2, -0.15) is 0 Å². The first-order valence-corrected chi connectivity index (χ1v) is 14.1. The minimum absolute atomic E-state index is 0.0654. The van der Waals surface area contributed by atoms with Crippen LogP contribution in [0.3, 0.4) is 0 Å². The SMILES string of the molecule is CCC1=C(C(=O)OC)[C@@H](c2cccc(C)c2)N2C(CC(=O)N3CCN(c4ccccc4OC)CC3)=CSC2=N1. The molecule has 39 heavy (non-hydrogen) atoms. The number of carbonyl (C=O) groups excluding carboxylic acids is 2. The molecule has 0 radical (unpaired) electrons. The Labute approximate surface area is 234 Å². The zero-order valence-corrected chi connectivity index (χ0v) is 23.7. The van der Waals surface area contributed by atoms with Crippen molar-refractivity contribution in [3.05, 3.63) is 82.0 Å². The van der Waals surface area contributed by atoms with Crippen molar-refractivity contribution < 1.29 is 19.1 Å². The molecule has 0 spiro atoms. The maximum Gasteiger partial charge on any atom is 0.338 e. The highest BCUT2D eigenvalue weighted by Crippen LogP contribution is 2.45. The number of ether oxygens (including phenoxy) is 2. The van der Waals surface area contributed by atoms with Crippen LogP contribution in [0.1, 0.15) is 36.9 Å². The molecule has 2 aromatic carbocycles. The Morgan fingerprint density at radius 2 is 1.82 bits per heavy atom. The number of benzene rings is 2. The zero-order valence-electron chi connectivity index (χ0n) is 22.8. The summed E-state index contributed by atoms with van der Waals surface area (Å²) < 4.78 is 10.7. The van der Waals surface area contributed by atoms with Crippen LogP contribution in [-0.2, 0) is 14.3 Å². The molecule has 204 valence electrons. The minimum Gasteiger partial charge on any atom is -0.495 e. The molecule has 3 heterocycles. The Morgan fingerprint density at radius 3 is 2.51 bits per heavy atom. The number of piperazine rings is 1. The molecule has 9 heteroatoms. The molecule has 0 aromatic heterocycles. The molecular formula is C30H34N4O4S. The summed E-state index contributed by atoms with van der Waals surface area (Å²) in [5.41, 5.74) is 5.21. The van der Waals surface area contributed by atoms with Crippen molar-refractivity contribution in [1.29, 1.82) is 0 Å². The number of carbonyl (C=O) groups is 2. The van der Waals surface area contributed by atoms with Crippen molar-refractivity contribution in [2.75, 3.05) is 45.3 Å². The number of allylic oxidation sites excluding steroid dienone is 1. The molecule has 3 aliphatic heterocycles. The van der Waals surface area contributed by atoms with E-state index >= 15 is 0 Å². The summed E-state index contributed by atoms with van der Waals surface area (Å²) in [5.74, 6) is 0.511. The summed E-state index contributed by atoms with van der Waals surface area (Å²) in [6, 6.07) is 15.7. The number of amidine groups is 1. The molecule has 8 nitrogen and oxygen atoms in total. The predicted molar refractivity (Wildman–Crippen MR) is 155 cm³/mol. The van der Waals surface area contributed by atoms with Gasteiger partial charge >= 0.3 is 5.97 Å². The second-order valence-electron chi connectivity index (χ2n) is 9.73. The van der Waals surface area contributed by atoms with Gasteiger partial charge in [0, 0.05) is 31.9 Å². The fourth-order valence-corrected chi connectivity index (χ4v) is 6.36. The first kappa shape index (κ1) is 26.9. The quantitative estimate of drug-likeness (QED) is 0.458. The van der Waals surface area contributed by atoms with Crippen LogP contribution >= 0.6 is 11.8 Å². The molecule has 0 bridgehead atoms. The summed E-state index contributed by atoms with van der Waals surface area (Å²) in [6.07, 6.45) is 0.842. The topological polar surface area (TPSA) is 74.7 Å². The van der Waals surface area contributed by atoms with Crippen molar-refractivity contribution in [1.82, 2.24) is 9.80 Å². The lowest BCUT2D eigenvalue weighted by atomic mass is 9.92. The number of aliphatic imine (C=N–C) groups is 1. The maximum atomic E-state index is 13.5. The Hall–Kier alpha value is -3.72. The molecule has 1 amide bonds. The van der Waals surface area contributed by atoms with Crippen LogP contribution in [0.15, 0.2) is 75.9 Å². The van der Waals surface area contributed by atoms with Gasteiger partial charge in [-0.15, -0.1) is 0 Å². The normalized spacial score (nSPS) is 19.0. The summed E-state index contributed by atoms with van der Waals surface area (Å²) >= 11 is 1.50. The number of para-hydroxylation sites is 2. The number of aryl methyl sites for hydroxylation is 1. The largest absolute Gasteiger partial charge is 0.495 e. The predicted octanol–water partition coefficient (Wildman–Crippen LogP) is 4.88. The summed E-state index contributed by atoms with van der Waals surface area (Å²) in [4.78, 5) is 37.7. The van der Waals surface area contributed by atoms with E-state index in [1.807, 2.05) is 65.5 Å². The van der Waals surface area contributed by atoms with E-state index in [1.54, 1.807) is 7.11 Å². The number of amides is 1. The van der Waals surface area contributed by atoms with Gasteiger partial charge in [-0.3, -0.25) is 4.79 Å². The van der Waals surface area contributed by atoms with E-state index in [4.69, 9.17) is 14.5 Å². The van der Waals surface area contributed by atoms with Crippen molar-refractivity contribution in [3.63, 3.8) is 0 Å². The lowest BCUT2D eigenvalue weighted by molar-refractivity contribution is -0.136. The molecule has 1 atom stereocenters. The van der Waals surface area contributed by atoms with Gasteiger partial charge in [0.15, 0.2) is 5.17 Å². The molecule has 0 unspecified atom stereocenters. The molecule has 2 aromatic rings. The number of esters is 1. The molecule has 5 rings (SSSR count). The van der Waals surface area contributed by atoms with E-state index in [2.05, 4.69) is 17.0 Å². The van der Waals surface area contributed by atoms with E-state index in [0.717, 1.165) is 52.2 Å². The van der Waals surface area contributed by atoms with Crippen molar-refractivity contribution in [3.8, 4) is 5.75 Å². The number of nitrogens with zero attached hydrogens (tertiary/aromatic N) is 4. The number of hydrogen-bond donors (Lipinski definition) is 0. The molecule has 3 aliphatic rings. The van der Waals surface area contributed by atoms with Crippen LogP contribution in [0.25, 0.3) is 0 Å². The monoisotopic (exact) mass is 546 g/mol. The number of methoxy groups -OCH3 is 2. The van der Waals surface area contributed by atoms with Gasteiger partial charge in [-0.25, -0.2) is 9.79 Å². The average Bonchev–Trinajstić information content (AvgIpc) is 3.37. The second-order valence-corrected chi connectivity index (χ2v) is 10.6. The van der Waals surface area contributed by atoms with Gasteiger partial charge < -0.3 is 24.2 Å². The molecular weight excluding hydrogens is 512 g/mol. The van der Waals surface area contributed by atoms with Crippen LogP contribution in [0.5, 0.6) is 5.75 Å². The fraction of sp³-hybridized carbons (Fsp3) is 0.367. The van der Waals surface area contributed by atoms with E-state index in [1.165, 1.54) is 18.9 Å².